The number of carbonyl (C=O) groups excluding carboxylic acids is 1. The van der Waals surface area contributed by atoms with Gasteiger partial charge in [0.05, 0.1) is 12.0 Å². The molecule has 1 N–H and O–H groups in total. The summed E-state index contributed by atoms with van der Waals surface area (Å²) in [6.45, 7) is 8.81. The quantitative estimate of drug-likeness (QED) is 0.858. The van der Waals surface area contributed by atoms with Crippen molar-refractivity contribution in [1.29, 1.82) is 0 Å². The Morgan fingerprint density at radius 2 is 2.00 bits per heavy atom. The number of nitrogens with one attached hydrogen (secondary N) is 1. The minimum absolute atomic E-state index is 0.286. The van der Waals surface area contributed by atoms with Gasteiger partial charge in [-0.25, -0.2) is 0 Å². The molecule has 2 saturated heterocycles. The number of hydrogen-bond acceptors (Lipinski definition) is 3. The summed E-state index contributed by atoms with van der Waals surface area (Å²) in [6.07, 6.45) is 5.33. The number of piperidine rings is 2. The fourth-order valence-electron chi connectivity index (χ4n) is 3.71. The van der Waals surface area contributed by atoms with Crippen molar-refractivity contribution in [3.8, 4) is 0 Å². The number of nitrogens with zero attached hydrogens (tertiary/aromatic N) is 1. The van der Waals surface area contributed by atoms with Gasteiger partial charge in [-0.05, 0) is 50.6 Å². The van der Waals surface area contributed by atoms with Gasteiger partial charge in [-0.15, -0.1) is 0 Å². The van der Waals surface area contributed by atoms with Crippen LogP contribution in [0.3, 0.4) is 0 Å². The molecule has 2 aliphatic rings. The first-order chi connectivity index (χ1) is 9.55. The average molecular weight is 282 g/mol. The minimum atomic E-state index is -0.286. The van der Waals surface area contributed by atoms with Crippen LogP contribution in [0.1, 0.15) is 46.0 Å². The van der Waals surface area contributed by atoms with Crippen molar-refractivity contribution in [2.24, 2.45) is 10.8 Å². The van der Waals surface area contributed by atoms with Crippen molar-refractivity contribution in [3.63, 3.8) is 0 Å². The van der Waals surface area contributed by atoms with Crippen LogP contribution in [-0.4, -0.2) is 50.7 Å². The summed E-state index contributed by atoms with van der Waals surface area (Å²) in [6, 6.07) is 0. The summed E-state index contributed by atoms with van der Waals surface area (Å²) >= 11 is 0. The molecular weight excluding hydrogens is 252 g/mol. The van der Waals surface area contributed by atoms with E-state index in [0.717, 1.165) is 51.9 Å². The molecule has 1 amide bonds. The second kappa shape index (κ2) is 6.44. The molecule has 0 aliphatic carbocycles. The lowest BCUT2D eigenvalue weighted by Gasteiger charge is -2.45. The van der Waals surface area contributed by atoms with E-state index in [2.05, 4.69) is 24.1 Å². The van der Waals surface area contributed by atoms with Crippen LogP contribution in [0, 0.1) is 10.8 Å². The van der Waals surface area contributed by atoms with Crippen LogP contribution in [0.4, 0.5) is 0 Å². The summed E-state index contributed by atoms with van der Waals surface area (Å²) in [4.78, 5) is 15.2. The average Bonchev–Trinajstić information content (AvgIpc) is 2.48. The van der Waals surface area contributed by atoms with Crippen LogP contribution in [-0.2, 0) is 9.53 Å². The molecule has 0 aromatic heterocycles. The lowest BCUT2D eigenvalue weighted by molar-refractivity contribution is -0.151. The Bertz CT molecular complexity index is 334. The van der Waals surface area contributed by atoms with E-state index in [0.29, 0.717) is 17.9 Å². The lowest BCUT2D eigenvalue weighted by Crippen LogP contribution is -2.55. The van der Waals surface area contributed by atoms with E-state index in [4.69, 9.17) is 4.74 Å². The Labute approximate surface area is 123 Å². The fourth-order valence-corrected chi connectivity index (χ4v) is 3.71. The van der Waals surface area contributed by atoms with E-state index < -0.39 is 0 Å². The molecule has 2 rings (SSSR count). The molecule has 1 atom stereocenters. The molecule has 2 heterocycles. The van der Waals surface area contributed by atoms with Crippen molar-refractivity contribution >= 4 is 5.91 Å². The van der Waals surface area contributed by atoms with Crippen molar-refractivity contribution in [1.82, 2.24) is 10.2 Å². The summed E-state index contributed by atoms with van der Waals surface area (Å²) in [5.74, 6) is 0.334. The standard InChI is InChI=1S/C16H30N2O2/c1-4-15(2)6-5-11-18(12-15)14(19)16(13-20-3)7-9-17-10-8-16/h17H,4-13H2,1-3H3. The predicted molar refractivity (Wildman–Crippen MR) is 80.6 cm³/mol. The van der Waals surface area contributed by atoms with E-state index in [1.165, 1.54) is 6.42 Å². The van der Waals surface area contributed by atoms with Crippen LogP contribution < -0.4 is 5.32 Å². The molecule has 0 saturated carbocycles. The molecule has 0 spiro atoms. The fraction of sp³-hybridized carbons (Fsp3) is 0.938. The zero-order valence-corrected chi connectivity index (χ0v) is 13.3. The maximum atomic E-state index is 13.1. The number of amides is 1. The predicted octanol–water partition coefficient (Wildman–Crippen LogP) is 2.04. The van der Waals surface area contributed by atoms with E-state index in [1.54, 1.807) is 7.11 Å². The zero-order chi connectivity index (χ0) is 14.6. The highest BCUT2D eigenvalue weighted by Gasteiger charge is 2.44. The highest BCUT2D eigenvalue weighted by Crippen LogP contribution is 2.37. The van der Waals surface area contributed by atoms with E-state index in [9.17, 15) is 4.79 Å². The van der Waals surface area contributed by atoms with Gasteiger partial charge < -0.3 is 15.0 Å². The molecule has 0 aromatic rings. The summed E-state index contributed by atoms with van der Waals surface area (Å²) in [5, 5.41) is 3.36. The van der Waals surface area contributed by atoms with Crippen molar-refractivity contribution in [3.05, 3.63) is 0 Å². The van der Waals surface area contributed by atoms with Crippen molar-refractivity contribution < 1.29 is 9.53 Å². The van der Waals surface area contributed by atoms with Crippen LogP contribution in [0.5, 0.6) is 0 Å². The van der Waals surface area contributed by atoms with Gasteiger partial charge in [-0.3, -0.25) is 4.79 Å². The van der Waals surface area contributed by atoms with Gasteiger partial charge in [0.25, 0.3) is 0 Å². The van der Waals surface area contributed by atoms with E-state index >= 15 is 0 Å². The first kappa shape index (κ1) is 15.8. The third kappa shape index (κ3) is 3.17. The SMILES string of the molecule is CCC1(C)CCCN(C(=O)C2(COC)CCNCC2)C1. The number of carbonyl (C=O) groups is 1. The molecule has 1 unspecified atom stereocenters. The van der Waals surface area contributed by atoms with E-state index in [1.807, 2.05) is 0 Å². The Hall–Kier alpha value is -0.610. The number of likely N-dealkylation sites (tertiary alicyclic amines) is 1. The number of hydrogen-bond donors (Lipinski definition) is 1. The van der Waals surface area contributed by atoms with Gasteiger partial charge in [0.15, 0.2) is 0 Å². The first-order valence-electron chi connectivity index (χ1n) is 8.04. The number of rotatable bonds is 4. The Morgan fingerprint density at radius 1 is 1.30 bits per heavy atom. The Kier molecular flexibility index (Phi) is 5.08. The van der Waals surface area contributed by atoms with Crippen LogP contribution in [0.15, 0.2) is 0 Å². The van der Waals surface area contributed by atoms with Crippen LogP contribution in [0.2, 0.25) is 0 Å². The molecular formula is C16H30N2O2. The zero-order valence-electron chi connectivity index (χ0n) is 13.3. The molecule has 116 valence electrons. The van der Waals surface area contributed by atoms with Gasteiger partial charge in [-0.2, -0.15) is 0 Å². The molecule has 0 aromatic carbocycles. The molecule has 4 nitrogen and oxygen atoms in total. The topological polar surface area (TPSA) is 41.6 Å². The third-order valence-electron chi connectivity index (χ3n) is 5.36. The normalized spacial score (nSPS) is 30.2. The highest BCUT2D eigenvalue weighted by molar-refractivity contribution is 5.83. The maximum absolute atomic E-state index is 13.1. The molecule has 0 radical (unpaired) electrons. The largest absolute Gasteiger partial charge is 0.384 e. The summed E-state index contributed by atoms with van der Waals surface area (Å²) in [7, 11) is 1.71. The van der Waals surface area contributed by atoms with Gasteiger partial charge >= 0.3 is 0 Å². The highest BCUT2D eigenvalue weighted by atomic mass is 16.5. The summed E-state index contributed by atoms with van der Waals surface area (Å²) in [5.41, 5.74) is 0.0150. The monoisotopic (exact) mass is 282 g/mol. The first-order valence-corrected chi connectivity index (χ1v) is 8.04. The molecule has 4 heteroatoms. The Morgan fingerprint density at radius 3 is 2.60 bits per heavy atom. The van der Waals surface area contributed by atoms with Gasteiger partial charge in [-0.1, -0.05) is 13.8 Å². The van der Waals surface area contributed by atoms with Crippen molar-refractivity contribution in [2.45, 2.75) is 46.0 Å². The molecule has 0 bridgehead atoms. The third-order valence-corrected chi connectivity index (χ3v) is 5.36. The van der Waals surface area contributed by atoms with Gasteiger partial charge in [0.2, 0.25) is 5.91 Å². The minimum Gasteiger partial charge on any atom is -0.384 e. The molecule has 2 fully saturated rings. The number of ether oxygens (including phenoxy) is 1. The van der Waals surface area contributed by atoms with Crippen LogP contribution in [0.25, 0.3) is 0 Å². The van der Waals surface area contributed by atoms with Crippen LogP contribution >= 0.6 is 0 Å². The summed E-state index contributed by atoms with van der Waals surface area (Å²) < 4.78 is 5.40. The second-order valence-electron chi connectivity index (χ2n) is 6.96. The van der Waals surface area contributed by atoms with E-state index in [-0.39, 0.29) is 5.41 Å². The second-order valence-corrected chi connectivity index (χ2v) is 6.96. The number of methoxy groups -OCH3 is 1. The molecule has 20 heavy (non-hydrogen) atoms. The molecule has 2 aliphatic heterocycles. The smallest absolute Gasteiger partial charge is 0.231 e. The van der Waals surface area contributed by atoms with Gasteiger partial charge in [0.1, 0.15) is 0 Å². The van der Waals surface area contributed by atoms with Gasteiger partial charge in [0, 0.05) is 20.2 Å². The Balaban J connectivity index is 2.11. The van der Waals surface area contributed by atoms with Crippen molar-refractivity contribution in [2.75, 3.05) is 39.9 Å². The maximum Gasteiger partial charge on any atom is 0.231 e. The lowest BCUT2D eigenvalue weighted by atomic mass is 9.75.